The van der Waals surface area contributed by atoms with Crippen LogP contribution in [0.2, 0.25) is 0 Å². The van der Waals surface area contributed by atoms with Crippen LogP contribution in [0, 0.1) is 0 Å². The molecule has 0 radical (unpaired) electrons. The highest BCUT2D eigenvalue weighted by molar-refractivity contribution is 6.30. The minimum Gasteiger partial charge on any atom is -0.337 e. The SMILES string of the molecule is CC(Cl)C(=O)N1CC=C(c2ccnn2C)CC1. The number of nitrogens with zero attached hydrogens (tertiary/aromatic N) is 3. The second-order valence-electron chi connectivity index (χ2n) is 4.22. The van der Waals surface area contributed by atoms with Crippen molar-refractivity contribution in [3.05, 3.63) is 24.0 Å². The molecule has 1 aliphatic heterocycles. The first-order valence-corrected chi connectivity index (χ1v) is 6.13. The van der Waals surface area contributed by atoms with E-state index in [9.17, 15) is 4.79 Å². The second kappa shape index (κ2) is 4.92. The number of hydrogen-bond donors (Lipinski definition) is 0. The van der Waals surface area contributed by atoms with E-state index in [0.717, 1.165) is 18.7 Å². The largest absolute Gasteiger partial charge is 0.337 e. The van der Waals surface area contributed by atoms with Crippen LogP contribution in [-0.2, 0) is 11.8 Å². The molecule has 17 heavy (non-hydrogen) atoms. The number of aryl methyl sites for hydroxylation is 1. The van der Waals surface area contributed by atoms with E-state index in [4.69, 9.17) is 11.6 Å². The van der Waals surface area contributed by atoms with Crippen LogP contribution in [0.25, 0.3) is 5.57 Å². The topological polar surface area (TPSA) is 38.1 Å². The van der Waals surface area contributed by atoms with Gasteiger partial charge in [-0.1, -0.05) is 6.08 Å². The molecule has 4 nitrogen and oxygen atoms in total. The van der Waals surface area contributed by atoms with Gasteiger partial charge in [0.15, 0.2) is 0 Å². The van der Waals surface area contributed by atoms with Crippen molar-refractivity contribution in [2.24, 2.45) is 7.05 Å². The molecular formula is C12H16ClN3O. The number of halogens is 1. The zero-order chi connectivity index (χ0) is 12.4. The molecule has 1 aliphatic rings. The Hall–Kier alpha value is -1.29. The third-order valence-electron chi connectivity index (χ3n) is 3.01. The summed E-state index contributed by atoms with van der Waals surface area (Å²) in [6.07, 6.45) is 4.72. The number of carbonyl (C=O) groups excluding carboxylic acids is 1. The normalized spacial score (nSPS) is 17.8. The summed E-state index contributed by atoms with van der Waals surface area (Å²) in [5, 5.41) is 3.71. The van der Waals surface area contributed by atoms with Gasteiger partial charge in [0, 0.05) is 26.3 Å². The molecule has 92 valence electrons. The molecule has 1 aromatic rings. The van der Waals surface area contributed by atoms with Crippen LogP contribution in [0.4, 0.5) is 0 Å². The highest BCUT2D eigenvalue weighted by atomic mass is 35.5. The van der Waals surface area contributed by atoms with Gasteiger partial charge in [-0.05, 0) is 25.0 Å². The first-order chi connectivity index (χ1) is 8.09. The summed E-state index contributed by atoms with van der Waals surface area (Å²) in [6, 6.07) is 1.99. The molecule has 0 aliphatic carbocycles. The fourth-order valence-corrected chi connectivity index (χ4v) is 2.18. The Morgan fingerprint density at radius 1 is 1.59 bits per heavy atom. The molecular weight excluding hydrogens is 238 g/mol. The Labute approximate surface area is 106 Å². The van der Waals surface area contributed by atoms with Crippen molar-refractivity contribution in [1.29, 1.82) is 0 Å². The highest BCUT2D eigenvalue weighted by Gasteiger charge is 2.21. The lowest BCUT2D eigenvalue weighted by Crippen LogP contribution is -2.38. The molecule has 0 saturated carbocycles. The van der Waals surface area contributed by atoms with E-state index in [1.807, 2.05) is 17.8 Å². The number of alkyl halides is 1. The summed E-state index contributed by atoms with van der Waals surface area (Å²) in [7, 11) is 1.93. The highest BCUT2D eigenvalue weighted by Crippen LogP contribution is 2.22. The number of aromatic nitrogens is 2. The van der Waals surface area contributed by atoms with E-state index in [-0.39, 0.29) is 5.91 Å². The van der Waals surface area contributed by atoms with Crippen molar-refractivity contribution in [3.8, 4) is 0 Å². The lowest BCUT2D eigenvalue weighted by molar-refractivity contribution is -0.130. The first-order valence-electron chi connectivity index (χ1n) is 5.70. The molecule has 1 atom stereocenters. The summed E-state index contributed by atoms with van der Waals surface area (Å²) < 4.78 is 1.85. The van der Waals surface area contributed by atoms with Crippen LogP contribution < -0.4 is 0 Å². The van der Waals surface area contributed by atoms with Crippen LogP contribution in [0.1, 0.15) is 19.0 Å². The zero-order valence-corrected chi connectivity index (χ0v) is 10.8. The minimum absolute atomic E-state index is 0.00646. The Morgan fingerprint density at radius 2 is 2.35 bits per heavy atom. The van der Waals surface area contributed by atoms with Crippen LogP contribution in [-0.4, -0.2) is 39.1 Å². The van der Waals surface area contributed by atoms with Gasteiger partial charge < -0.3 is 4.90 Å². The van der Waals surface area contributed by atoms with Gasteiger partial charge in [-0.25, -0.2) is 0 Å². The molecule has 0 bridgehead atoms. The second-order valence-corrected chi connectivity index (χ2v) is 4.87. The Kier molecular flexibility index (Phi) is 3.52. The molecule has 5 heteroatoms. The van der Waals surface area contributed by atoms with Crippen LogP contribution in [0.15, 0.2) is 18.3 Å². The molecule has 2 rings (SSSR count). The smallest absolute Gasteiger partial charge is 0.240 e. The molecule has 0 saturated heterocycles. The van der Waals surface area contributed by atoms with Crippen molar-refractivity contribution < 1.29 is 4.79 Å². The maximum Gasteiger partial charge on any atom is 0.240 e. The average molecular weight is 254 g/mol. The maximum absolute atomic E-state index is 11.7. The Bertz CT molecular complexity index is 450. The van der Waals surface area contributed by atoms with Gasteiger partial charge in [0.1, 0.15) is 5.38 Å². The third kappa shape index (κ3) is 2.52. The molecule has 1 aromatic heterocycles. The van der Waals surface area contributed by atoms with E-state index < -0.39 is 5.38 Å². The van der Waals surface area contributed by atoms with Gasteiger partial charge in [0.25, 0.3) is 0 Å². The average Bonchev–Trinajstić information content (AvgIpc) is 2.74. The predicted octanol–water partition coefficient (Wildman–Crippen LogP) is 1.66. The van der Waals surface area contributed by atoms with Crippen molar-refractivity contribution in [2.45, 2.75) is 18.7 Å². The van der Waals surface area contributed by atoms with Crippen molar-refractivity contribution in [3.63, 3.8) is 0 Å². The van der Waals surface area contributed by atoms with Crippen LogP contribution >= 0.6 is 11.6 Å². The lowest BCUT2D eigenvalue weighted by Gasteiger charge is -2.27. The predicted molar refractivity (Wildman–Crippen MR) is 67.7 cm³/mol. The maximum atomic E-state index is 11.7. The van der Waals surface area contributed by atoms with E-state index in [1.54, 1.807) is 18.0 Å². The molecule has 0 spiro atoms. The zero-order valence-electron chi connectivity index (χ0n) is 10.1. The van der Waals surface area contributed by atoms with Crippen molar-refractivity contribution in [1.82, 2.24) is 14.7 Å². The van der Waals surface area contributed by atoms with E-state index in [2.05, 4.69) is 11.2 Å². The molecule has 1 amide bonds. The monoisotopic (exact) mass is 253 g/mol. The number of hydrogen-bond acceptors (Lipinski definition) is 2. The van der Waals surface area contributed by atoms with Gasteiger partial charge in [-0.15, -0.1) is 11.6 Å². The third-order valence-corrected chi connectivity index (χ3v) is 3.20. The van der Waals surface area contributed by atoms with Crippen molar-refractivity contribution in [2.75, 3.05) is 13.1 Å². The summed E-state index contributed by atoms with van der Waals surface area (Å²) >= 11 is 5.80. The Morgan fingerprint density at radius 3 is 2.82 bits per heavy atom. The van der Waals surface area contributed by atoms with Gasteiger partial charge in [-0.2, -0.15) is 5.10 Å². The van der Waals surface area contributed by atoms with Crippen molar-refractivity contribution >= 4 is 23.1 Å². The quantitative estimate of drug-likeness (QED) is 0.752. The Balaban J connectivity index is 2.08. The number of carbonyl (C=O) groups is 1. The fraction of sp³-hybridized carbons (Fsp3) is 0.500. The number of rotatable bonds is 2. The van der Waals surface area contributed by atoms with E-state index in [0.29, 0.717) is 6.54 Å². The summed E-state index contributed by atoms with van der Waals surface area (Å²) in [6.45, 7) is 3.08. The minimum atomic E-state index is -0.443. The van der Waals surface area contributed by atoms with Gasteiger partial charge in [-0.3, -0.25) is 9.48 Å². The molecule has 2 heterocycles. The molecule has 1 unspecified atom stereocenters. The first kappa shape index (κ1) is 12.2. The number of amides is 1. The van der Waals surface area contributed by atoms with E-state index >= 15 is 0 Å². The van der Waals surface area contributed by atoms with Gasteiger partial charge >= 0.3 is 0 Å². The molecule has 0 fully saturated rings. The standard InChI is InChI=1S/C12H16ClN3O/c1-9(13)12(17)16-7-4-10(5-8-16)11-3-6-14-15(11)2/h3-4,6,9H,5,7-8H2,1-2H3. The molecule has 0 aromatic carbocycles. The summed E-state index contributed by atoms with van der Waals surface area (Å²) in [4.78, 5) is 13.5. The lowest BCUT2D eigenvalue weighted by atomic mass is 10.0. The summed E-state index contributed by atoms with van der Waals surface area (Å²) in [5.41, 5.74) is 2.37. The van der Waals surface area contributed by atoms with Crippen LogP contribution in [0.5, 0.6) is 0 Å². The fourth-order valence-electron chi connectivity index (χ4n) is 2.04. The van der Waals surface area contributed by atoms with Gasteiger partial charge in [0.05, 0.1) is 5.69 Å². The van der Waals surface area contributed by atoms with Crippen LogP contribution in [0.3, 0.4) is 0 Å². The summed E-state index contributed by atoms with van der Waals surface area (Å²) in [5.74, 6) is 0.00646. The van der Waals surface area contributed by atoms with E-state index in [1.165, 1.54) is 5.57 Å². The molecule has 0 N–H and O–H groups in total. The van der Waals surface area contributed by atoms with Gasteiger partial charge in [0.2, 0.25) is 5.91 Å².